The number of nitrogens with zero attached hydrogens (tertiary/aromatic N) is 4. The highest BCUT2D eigenvalue weighted by Crippen LogP contribution is 2.39. The van der Waals surface area contributed by atoms with Crippen molar-refractivity contribution in [3.05, 3.63) is 103 Å². The van der Waals surface area contributed by atoms with Crippen molar-refractivity contribution < 1.29 is 41.2 Å². The van der Waals surface area contributed by atoms with Crippen LogP contribution in [-0.4, -0.2) is 29.5 Å². The normalized spacial score (nSPS) is 11.8. The minimum Gasteiger partial charge on any atom is -0.449 e. The van der Waals surface area contributed by atoms with Gasteiger partial charge in [0.05, 0.1) is 42.4 Å². The summed E-state index contributed by atoms with van der Waals surface area (Å²) in [6.45, 7) is -1.64. The first kappa shape index (κ1) is 30.6. The first-order chi connectivity index (χ1) is 19.7. The number of hydrogen-bond donors (Lipinski definition) is 3. The van der Waals surface area contributed by atoms with Crippen molar-refractivity contribution in [1.29, 1.82) is 5.26 Å². The van der Waals surface area contributed by atoms with Crippen molar-refractivity contribution >= 4 is 19.4 Å². The smallest absolute Gasteiger partial charge is 0.449 e. The van der Waals surface area contributed by atoms with Crippen LogP contribution in [0.5, 0.6) is 11.5 Å². The van der Waals surface area contributed by atoms with Gasteiger partial charge in [-0.05, 0) is 35.9 Å². The summed E-state index contributed by atoms with van der Waals surface area (Å²) in [6.07, 6.45) is -4.63. The monoisotopic (exact) mass is 627 g/mol. The van der Waals surface area contributed by atoms with E-state index in [9.17, 15) is 41.5 Å². The number of ether oxygens (including phenoxy) is 1. The Bertz CT molecular complexity index is 1870. The van der Waals surface area contributed by atoms with Gasteiger partial charge in [-0.3, -0.25) is 18.7 Å². The summed E-state index contributed by atoms with van der Waals surface area (Å²) in [5.74, 6) is -2.32. The average molecular weight is 628 g/mol. The SMILES string of the molecule is N#Cc1cc(Cl)cc(Oc2c(C(F)(F)F)ncn(Cc3n[nH]c(=O)c(-c4ccc(F)cc4)c3COP(=O)(O)O)c2=O)c1. The molecule has 0 saturated heterocycles. The fourth-order valence-electron chi connectivity index (χ4n) is 3.72. The third-order valence-corrected chi connectivity index (χ3v) is 6.17. The molecule has 218 valence electrons. The predicted molar refractivity (Wildman–Crippen MR) is 136 cm³/mol. The van der Waals surface area contributed by atoms with Gasteiger partial charge in [0.1, 0.15) is 11.6 Å². The second-order valence-electron chi connectivity index (χ2n) is 8.37. The second-order valence-corrected chi connectivity index (χ2v) is 10.0. The Hall–Kier alpha value is -4.39. The van der Waals surface area contributed by atoms with E-state index in [2.05, 4.69) is 19.7 Å². The van der Waals surface area contributed by atoms with Crippen LogP contribution in [0.25, 0.3) is 11.1 Å². The van der Waals surface area contributed by atoms with E-state index >= 15 is 0 Å². The maximum atomic E-state index is 13.8. The van der Waals surface area contributed by atoms with E-state index in [1.54, 1.807) is 6.07 Å². The standard InChI is InChI=1S/C24H15ClF4N5O7P/c25-14-5-12(8-30)6-16(7-14)41-20-21(24(27,28)29)31-11-34(23(20)36)9-18-17(10-40-42(37,38)39)19(22(35)33-32-18)13-1-3-15(26)4-2-13/h1-7,11H,9-10H2,(H,33,35)(H2,37,38,39). The van der Waals surface area contributed by atoms with Crippen LogP contribution >= 0.6 is 19.4 Å². The number of nitriles is 1. The molecule has 2 heterocycles. The highest BCUT2D eigenvalue weighted by molar-refractivity contribution is 7.46. The molecule has 0 saturated carbocycles. The quantitative estimate of drug-likeness (QED) is 0.190. The van der Waals surface area contributed by atoms with Crippen molar-refractivity contribution in [2.24, 2.45) is 0 Å². The lowest BCUT2D eigenvalue weighted by Gasteiger charge is -2.17. The Balaban J connectivity index is 1.87. The number of nitrogens with one attached hydrogen (secondary N) is 1. The number of phosphoric acid groups is 1. The van der Waals surface area contributed by atoms with E-state index < -0.39 is 55.5 Å². The Labute approximate surface area is 236 Å². The molecule has 0 radical (unpaired) electrons. The molecule has 18 heteroatoms. The summed E-state index contributed by atoms with van der Waals surface area (Å²) in [7, 11) is -5.12. The number of halogens is 5. The topological polar surface area (TPSA) is 180 Å². The molecule has 0 aliphatic carbocycles. The summed E-state index contributed by atoms with van der Waals surface area (Å²) in [5, 5.41) is 15.0. The number of aromatic amines is 1. The van der Waals surface area contributed by atoms with Gasteiger partial charge in [-0.1, -0.05) is 23.7 Å². The number of rotatable bonds is 8. The molecule has 0 aliphatic heterocycles. The maximum Gasteiger partial charge on any atom is 0.469 e. The fourth-order valence-corrected chi connectivity index (χ4v) is 4.24. The average Bonchev–Trinajstić information content (AvgIpc) is 2.90. The molecule has 0 aliphatic rings. The molecular formula is C24H15ClF4N5O7P. The predicted octanol–water partition coefficient (Wildman–Crippen LogP) is 4.13. The van der Waals surface area contributed by atoms with E-state index in [1.807, 2.05) is 0 Å². The van der Waals surface area contributed by atoms with Crippen LogP contribution in [0.4, 0.5) is 17.6 Å². The minimum absolute atomic E-state index is 0.0673. The zero-order valence-corrected chi connectivity index (χ0v) is 22.2. The molecule has 0 spiro atoms. The molecule has 0 atom stereocenters. The minimum atomic E-state index is -5.15. The number of H-pyrrole nitrogens is 1. The van der Waals surface area contributed by atoms with Crippen LogP contribution in [0, 0.1) is 17.1 Å². The van der Waals surface area contributed by atoms with Crippen molar-refractivity contribution in [2.75, 3.05) is 0 Å². The van der Waals surface area contributed by atoms with E-state index in [4.69, 9.17) is 21.6 Å². The molecule has 12 nitrogen and oxygen atoms in total. The van der Waals surface area contributed by atoms with Gasteiger partial charge >= 0.3 is 14.0 Å². The molecule has 3 N–H and O–H groups in total. The maximum absolute atomic E-state index is 13.8. The van der Waals surface area contributed by atoms with Crippen molar-refractivity contribution in [1.82, 2.24) is 19.7 Å². The third kappa shape index (κ3) is 7.08. The molecule has 0 bridgehead atoms. The molecular weight excluding hydrogens is 613 g/mol. The lowest BCUT2D eigenvalue weighted by molar-refractivity contribution is -0.142. The Morgan fingerprint density at radius 1 is 1.14 bits per heavy atom. The highest BCUT2D eigenvalue weighted by Gasteiger charge is 2.39. The zero-order valence-electron chi connectivity index (χ0n) is 20.6. The van der Waals surface area contributed by atoms with Crippen LogP contribution in [0.3, 0.4) is 0 Å². The van der Waals surface area contributed by atoms with E-state index in [-0.39, 0.29) is 38.7 Å². The Morgan fingerprint density at radius 2 is 1.83 bits per heavy atom. The van der Waals surface area contributed by atoms with E-state index in [1.165, 1.54) is 18.2 Å². The number of phosphoric ester groups is 1. The van der Waals surface area contributed by atoms with Gasteiger partial charge in [-0.15, -0.1) is 0 Å². The van der Waals surface area contributed by atoms with Crippen LogP contribution in [0.15, 0.2) is 58.4 Å². The Kier molecular flexibility index (Phi) is 8.62. The molecule has 4 aromatic rings. The van der Waals surface area contributed by atoms with Crippen LogP contribution in [0.2, 0.25) is 5.02 Å². The number of aromatic nitrogens is 4. The van der Waals surface area contributed by atoms with Crippen LogP contribution in [-0.2, 0) is 28.4 Å². The lowest BCUT2D eigenvalue weighted by atomic mass is 10.0. The molecule has 2 aromatic heterocycles. The van der Waals surface area contributed by atoms with Gasteiger partial charge in [0.25, 0.3) is 11.1 Å². The largest absolute Gasteiger partial charge is 0.469 e. The van der Waals surface area contributed by atoms with Gasteiger partial charge in [0.15, 0.2) is 5.69 Å². The van der Waals surface area contributed by atoms with Gasteiger partial charge < -0.3 is 14.5 Å². The molecule has 2 aromatic carbocycles. The zero-order chi connectivity index (χ0) is 30.8. The summed E-state index contributed by atoms with van der Waals surface area (Å²) in [5.41, 5.74) is -4.77. The number of benzene rings is 2. The van der Waals surface area contributed by atoms with Gasteiger partial charge in [-0.2, -0.15) is 23.5 Å². The summed E-state index contributed by atoms with van der Waals surface area (Å²) >= 11 is 5.89. The van der Waals surface area contributed by atoms with Crippen molar-refractivity contribution in [3.8, 4) is 28.7 Å². The van der Waals surface area contributed by atoms with Crippen LogP contribution < -0.4 is 15.9 Å². The van der Waals surface area contributed by atoms with Crippen molar-refractivity contribution in [3.63, 3.8) is 0 Å². The summed E-state index contributed by atoms with van der Waals surface area (Å²) in [4.78, 5) is 47.7. The highest BCUT2D eigenvalue weighted by atomic mass is 35.5. The number of hydrogen-bond acceptors (Lipinski definition) is 8. The lowest BCUT2D eigenvalue weighted by Crippen LogP contribution is -2.28. The molecule has 0 fully saturated rings. The first-order valence-electron chi connectivity index (χ1n) is 11.3. The number of alkyl halides is 3. The molecule has 4 rings (SSSR count). The van der Waals surface area contributed by atoms with E-state index in [0.717, 1.165) is 24.3 Å². The molecule has 0 unspecified atom stereocenters. The fraction of sp³-hybridized carbons (Fsp3) is 0.125. The van der Waals surface area contributed by atoms with Crippen LogP contribution in [0.1, 0.15) is 22.5 Å². The van der Waals surface area contributed by atoms with E-state index in [0.29, 0.717) is 10.9 Å². The summed E-state index contributed by atoms with van der Waals surface area (Å²) in [6, 6.07) is 9.43. The second kappa shape index (κ2) is 11.8. The first-order valence-corrected chi connectivity index (χ1v) is 13.2. The molecule has 42 heavy (non-hydrogen) atoms. The van der Waals surface area contributed by atoms with Gasteiger partial charge in [-0.25, -0.2) is 19.0 Å². The third-order valence-electron chi connectivity index (χ3n) is 5.48. The van der Waals surface area contributed by atoms with Gasteiger partial charge in [0.2, 0.25) is 5.75 Å². The molecule has 0 amide bonds. The summed E-state index contributed by atoms with van der Waals surface area (Å²) < 4.78 is 76.6. The Morgan fingerprint density at radius 3 is 2.45 bits per heavy atom. The van der Waals surface area contributed by atoms with Gasteiger partial charge in [0, 0.05) is 10.6 Å². The van der Waals surface area contributed by atoms with Crippen molar-refractivity contribution in [2.45, 2.75) is 19.3 Å².